The molecule has 0 amide bonds. The molecular formula is C42H67N3O7. The average molecular weight is 726 g/mol. The van der Waals surface area contributed by atoms with Crippen molar-refractivity contribution in [2.45, 2.75) is 156 Å². The molecule has 8 rings (SSSR count). The molecule has 4 saturated carbocycles. The van der Waals surface area contributed by atoms with Gasteiger partial charge in [0.1, 0.15) is 12.2 Å². The molecule has 2 N–H and O–H groups in total. The van der Waals surface area contributed by atoms with Crippen LogP contribution in [0.5, 0.6) is 6.01 Å². The summed E-state index contributed by atoms with van der Waals surface area (Å²) in [6, 6.07) is 2.71. The van der Waals surface area contributed by atoms with Crippen LogP contribution < -0.4 is 4.74 Å². The summed E-state index contributed by atoms with van der Waals surface area (Å²) in [5, 5.41) is 22.3. The Balaban J connectivity index is 1.11. The number of aliphatic hydroxyl groups excluding tert-OH is 1. The summed E-state index contributed by atoms with van der Waals surface area (Å²) in [5.74, 6) is 1.43. The average Bonchev–Trinajstić information content (AvgIpc) is 3.25. The highest BCUT2D eigenvalue weighted by molar-refractivity contribution is 5.26. The van der Waals surface area contributed by atoms with Gasteiger partial charge in [-0.15, -0.1) is 0 Å². The molecule has 3 aliphatic heterocycles. The summed E-state index contributed by atoms with van der Waals surface area (Å²) in [6.45, 7) is 25.1. The summed E-state index contributed by atoms with van der Waals surface area (Å²) in [7, 11) is 0. The number of hydrogen-bond acceptors (Lipinski definition) is 10. The van der Waals surface area contributed by atoms with E-state index in [2.05, 4.69) is 63.3 Å². The van der Waals surface area contributed by atoms with Crippen LogP contribution in [0.4, 0.5) is 0 Å². The molecule has 10 nitrogen and oxygen atoms in total. The SMILES string of the molecule is C[C@@H]1C[C@H]([C@H](O)C(C)(C)O)O[C@H]2C1[C@@]1(C)CC[C@]3(C)[C@@H](CC[C@H]4C(C)(C)[C@@H](O[C@H]5CN(C6COC6)CCO5)CC[C@@]43C)[C@]1(C)[C@H]2Oc1ncccn1. The summed E-state index contributed by atoms with van der Waals surface area (Å²) < 4.78 is 32.8. The summed E-state index contributed by atoms with van der Waals surface area (Å²) in [6.07, 6.45) is 8.82. The fraction of sp³-hybridized carbons (Fsp3) is 0.905. The second-order valence-electron chi connectivity index (χ2n) is 20.2. The van der Waals surface area contributed by atoms with Gasteiger partial charge in [-0.3, -0.25) is 4.90 Å². The monoisotopic (exact) mass is 725 g/mol. The fourth-order valence-electron chi connectivity index (χ4n) is 14.1. The molecule has 0 radical (unpaired) electrons. The van der Waals surface area contributed by atoms with E-state index in [1.54, 1.807) is 26.2 Å². The first-order valence-electron chi connectivity index (χ1n) is 20.5. The first-order valence-corrected chi connectivity index (χ1v) is 20.5. The smallest absolute Gasteiger partial charge is 0.316 e. The van der Waals surface area contributed by atoms with Crippen LogP contribution in [-0.4, -0.2) is 106 Å². The van der Waals surface area contributed by atoms with E-state index in [9.17, 15) is 10.2 Å². The van der Waals surface area contributed by atoms with Crippen molar-refractivity contribution >= 4 is 0 Å². The van der Waals surface area contributed by atoms with Gasteiger partial charge in [-0.2, -0.15) is 0 Å². The summed E-state index contributed by atoms with van der Waals surface area (Å²) in [5.41, 5.74) is -1.40. The Morgan fingerprint density at radius 1 is 0.942 bits per heavy atom. The quantitative estimate of drug-likeness (QED) is 0.353. The fourth-order valence-corrected chi connectivity index (χ4v) is 14.1. The molecule has 1 unspecified atom stereocenters. The molecule has 10 heteroatoms. The first kappa shape index (κ1) is 37.5. The zero-order chi connectivity index (χ0) is 37.1. The lowest BCUT2D eigenvalue weighted by atomic mass is 9.32. The number of nitrogens with zero attached hydrogens (tertiary/aromatic N) is 3. The number of hydrogen-bond donors (Lipinski definition) is 2. The van der Waals surface area contributed by atoms with E-state index in [1.165, 1.54) is 6.42 Å². The molecule has 1 aromatic heterocycles. The summed E-state index contributed by atoms with van der Waals surface area (Å²) in [4.78, 5) is 11.6. The van der Waals surface area contributed by atoms with Crippen LogP contribution in [0.1, 0.15) is 107 Å². The Morgan fingerprint density at radius 3 is 2.29 bits per heavy atom. The lowest BCUT2D eigenvalue weighted by molar-refractivity contribution is -0.285. The Bertz CT molecular complexity index is 1450. The number of rotatable bonds is 7. The maximum atomic E-state index is 11.4. The highest BCUT2D eigenvalue weighted by Gasteiger charge is 2.78. The zero-order valence-corrected chi connectivity index (χ0v) is 33.3. The van der Waals surface area contributed by atoms with Crippen molar-refractivity contribution in [3.63, 3.8) is 0 Å². The molecule has 1 aromatic rings. The highest BCUT2D eigenvalue weighted by atomic mass is 16.7. The molecule has 4 heterocycles. The molecule has 292 valence electrons. The molecule has 0 bridgehead atoms. The number of ether oxygens (including phenoxy) is 5. The van der Waals surface area contributed by atoms with Crippen molar-refractivity contribution in [2.24, 2.45) is 50.7 Å². The van der Waals surface area contributed by atoms with Gasteiger partial charge in [0.05, 0.1) is 56.3 Å². The van der Waals surface area contributed by atoms with Gasteiger partial charge in [0.2, 0.25) is 0 Å². The van der Waals surface area contributed by atoms with Crippen LogP contribution in [-0.2, 0) is 18.9 Å². The molecule has 3 saturated heterocycles. The van der Waals surface area contributed by atoms with Gasteiger partial charge in [0.25, 0.3) is 0 Å². The maximum Gasteiger partial charge on any atom is 0.316 e. The molecule has 0 aromatic carbocycles. The van der Waals surface area contributed by atoms with Crippen molar-refractivity contribution in [1.29, 1.82) is 0 Å². The van der Waals surface area contributed by atoms with Crippen LogP contribution in [0.15, 0.2) is 18.5 Å². The topological polar surface area (TPSA) is 116 Å². The van der Waals surface area contributed by atoms with Crippen LogP contribution in [0.2, 0.25) is 0 Å². The van der Waals surface area contributed by atoms with E-state index < -0.39 is 17.8 Å². The summed E-state index contributed by atoms with van der Waals surface area (Å²) >= 11 is 0. The largest absolute Gasteiger partial charge is 0.457 e. The van der Waals surface area contributed by atoms with Crippen LogP contribution >= 0.6 is 0 Å². The highest BCUT2D eigenvalue weighted by Crippen LogP contribution is 2.79. The minimum atomic E-state index is -1.27. The first-order chi connectivity index (χ1) is 24.4. The van der Waals surface area contributed by atoms with Crippen molar-refractivity contribution in [3.05, 3.63) is 18.5 Å². The van der Waals surface area contributed by atoms with E-state index in [-0.39, 0.29) is 63.5 Å². The van der Waals surface area contributed by atoms with Crippen LogP contribution in [0.25, 0.3) is 0 Å². The van der Waals surface area contributed by atoms with Crippen molar-refractivity contribution in [3.8, 4) is 6.01 Å². The standard InChI is InChI=1S/C42H67N3O7/c1-25-21-27(34(46)38(4,5)47)50-33-32(25)41(8)16-15-40(7)29(42(41,9)35(33)52-36-43-17-10-18-44-36)12-11-28-37(2,3)30(13-14-39(28,40)6)51-31-22-45(19-20-49-31)26-23-48-24-26/h10,17-18,25-35,46-47H,11-16,19-24H2,1-9H3/t25-,27-,28+,29-,30+,31+,32?,33+,34+,35+,39+,40-,41-,42-/m1/s1. The zero-order valence-electron chi connectivity index (χ0n) is 33.3. The molecule has 4 aliphatic carbocycles. The van der Waals surface area contributed by atoms with Gasteiger partial charge in [0.15, 0.2) is 6.29 Å². The Hall–Kier alpha value is -1.40. The van der Waals surface area contributed by atoms with Gasteiger partial charge in [-0.25, -0.2) is 9.97 Å². The van der Waals surface area contributed by atoms with E-state index in [4.69, 9.17) is 23.7 Å². The Kier molecular flexibility index (Phi) is 9.25. The van der Waals surface area contributed by atoms with Gasteiger partial charge < -0.3 is 33.9 Å². The number of fused-ring (bicyclic) bond motifs is 7. The number of aliphatic hydroxyl groups is 2. The third-order valence-electron chi connectivity index (χ3n) is 17.3. The van der Waals surface area contributed by atoms with Gasteiger partial charge in [0, 0.05) is 24.4 Å². The van der Waals surface area contributed by atoms with Gasteiger partial charge >= 0.3 is 6.01 Å². The normalized spacial score (nSPS) is 48.4. The van der Waals surface area contributed by atoms with E-state index in [1.807, 2.05) is 6.07 Å². The lowest BCUT2D eigenvalue weighted by Gasteiger charge is -2.72. The Labute approximate surface area is 312 Å². The second kappa shape index (κ2) is 12.8. The number of aromatic nitrogens is 2. The van der Waals surface area contributed by atoms with E-state index in [0.29, 0.717) is 36.9 Å². The van der Waals surface area contributed by atoms with Gasteiger partial charge in [-0.05, 0) is 110 Å². The van der Waals surface area contributed by atoms with Crippen molar-refractivity contribution in [1.82, 2.24) is 14.9 Å². The second-order valence-corrected chi connectivity index (χ2v) is 20.2. The Morgan fingerprint density at radius 2 is 1.62 bits per heavy atom. The molecule has 0 spiro atoms. The third kappa shape index (κ3) is 5.42. The van der Waals surface area contributed by atoms with Crippen molar-refractivity contribution in [2.75, 3.05) is 32.9 Å². The predicted molar refractivity (Wildman–Crippen MR) is 196 cm³/mol. The lowest BCUT2D eigenvalue weighted by Crippen LogP contribution is -2.68. The maximum absolute atomic E-state index is 11.4. The molecule has 7 fully saturated rings. The van der Waals surface area contributed by atoms with Gasteiger partial charge in [-0.1, -0.05) is 48.5 Å². The molecule has 14 atom stereocenters. The third-order valence-corrected chi connectivity index (χ3v) is 17.3. The minimum Gasteiger partial charge on any atom is -0.457 e. The predicted octanol–water partition coefficient (Wildman–Crippen LogP) is 5.89. The van der Waals surface area contributed by atoms with E-state index in [0.717, 1.165) is 58.4 Å². The number of morpholine rings is 1. The van der Waals surface area contributed by atoms with Crippen LogP contribution in [0.3, 0.4) is 0 Å². The van der Waals surface area contributed by atoms with Crippen LogP contribution in [0, 0.1) is 50.7 Å². The van der Waals surface area contributed by atoms with E-state index >= 15 is 0 Å². The minimum absolute atomic E-state index is 0.0105. The molecular weight excluding hydrogens is 658 g/mol. The molecule has 7 aliphatic rings. The van der Waals surface area contributed by atoms with Crippen molar-refractivity contribution < 1.29 is 33.9 Å². The molecule has 52 heavy (non-hydrogen) atoms.